The van der Waals surface area contributed by atoms with Gasteiger partial charge in [-0.05, 0) is 59.2 Å². The van der Waals surface area contributed by atoms with E-state index in [-0.39, 0.29) is 18.3 Å². The molecule has 0 atom stereocenters. The Labute approximate surface area is 158 Å². The molecule has 2 rings (SSSR count). The highest BCUT2D eigenvalue weighted by molar-refractivity contribution is 5.78. The van der Waals surface area contributed by atoms with Gasteiger partial charge in [-0.1, -0.05) is 36.4 Å². The molecule has 0 fully saturated rings. The summed E-state index contributed by atoms with van der Waals surface area (Å²) in [6.07, 6.45) is -0.500. The Morgan fingerprint density at radius 1 is 0.654 bits per heavy atom. The van der Waals surface area contributed by atoms with Crippen molar-refractivity contribution in [2.24, 2.45) is 0 Å². The normalized spacial score (nSPS) is 9.54. The first-order valence-electron chi connectivity index (χ1n) is 8.71. The molecule has 0 unspecified atom stereocenters. The van der Waals surface area contributed by atoms with Crippen LogP contribution in [0, 0.1) is 0 Å². The molecule has 0 saturated heterocycles. The molecule has 26 heavy (non-hydrogen) atoms. The zero-order valence-corrected chi connectivity index (χ0v) is 16.8. The minimum atomic E-state index is -0.167. The van der Waals surface area contributed by atoms with Crippen LogP contribution in [0.1, 0.15) is 41.5 Å². The maximum atomic E-state index is 8.06. The van der Waals surface area contributed by atoms with Crippen LogP contribution >= 0.6 is 0 Å². The van der Waals surface area contributed by atoms with Gasteiger partial charge >= 0.3 is 0 Å². The van der Waals surface area contributed by atoms with Crippen LogP contribution in [0.4, 0.5) is 11.4 Å². The number of anilines is 2. The molecule has 7 N–H and O–H groups in total. The summed E-state index contributed by atoms with van der Waals surface area (Å²) >= 11 is 0. The molecule has 0 heterocycles. The van der Waals surface area contributed by atoms with E-state index in [1.165, 1.54) is 0 Å². The molecule has 148 valence electrons. The van der Waals surface area contributed by atoms with Gasteiger partial charge in [0.25, 0.3) is 0 Å². The number of aliphatic hydroxyl groups excluding tert-OH is 3. The van der Waals surface area contributed by atoms with E-state index < -0.39 is 0 Å². The van der Waals surface area contributed by atoms with E-state index in [1.807, 2.05) is 42.5 Å². The van der Waals surface area contributed by atoms with Crippen LogP contribution in [0.2, 0.25) is 0 Å². The molecule has 2 aromatic carbocycles. The second kappa shape index (κ2) is 15.2. The Morgan fingerprint density at radius 2 is 1.04 bits per heavy atom. The van der Waals surface area contributed by atoms with Crippen LogP contribution in [-0.2, 0) is 0 Å². The number of benzene rings is 2. The molecule has 0 saturated carbocycles. The zero-order chi connectivity index (χ0) is 20.7. The average molecular weight is 365 g/mol. The molecule has 0 radical (unpaired) electrons. The van der Waals surface area contributed by atoms with E-state index in [0.29, 0.717) is 5.69 Å². The molecular weight excluding hydrogens is 328 g/mol. The van der Waals surface area contributed by atoms with Crippen molar-refractivity contribution in [2.75, 3.05) is 11.5 Å². The molecule has 0 bridgehead atoms. The van der Waals surface area contributed by atoms with Crippen molar-refractivity contribution in [2.45, 2.75) is 59.9 Å². The smallest absolute Gasteiger partial charge is 0.0483 e. The fraction of sp³-hybridized carbons (Fsp3) is 0.429. The predicted molar refractivity (Wildman–Crippen MR) is 113 cm³/mol. The monoisotopic (exact) mass is 364 g/mol. The summed E-state index contributed by atoms with van der Waals surface area (Å²) in [4.78, 5) is 0. The summed E-state index contributed by atoms with van der Waals surface area (Å²) in [5.74, 6) is 0. The predicted octanol–water partition coefficient (Wildman–Crippen LogP) is 3.68. The van der Waals surface area contributed by atoms with Gasteiger partial charge in [-0.3, -0.25) is 0 Å². The first-order chi connectivity index (χ1) is 12.0. The Hall–Kier alpha value is -2.08. The van der Waals surface area contributed by atoms with Crippen LogP contribution in [0.3, 0.4) is 0 Å². The van der Waals surface area contributed by atoms with Crippen molar-refractivity contribution in [3.63, 3.8) is 0 Å². The van der Waals surface area contributed by atoms with Crippen molar-refractivity contribution in [1.29, 1.82) is 0 Å². The van der Waals surface area contributed by atoms with Gasteiger partial charge in [-0.25, -0.2) is 0 Å². The second-order valence-corrected chi connectivity index (χ2v) is 6.49. The van der Waals surface area contributed by atoms with E-state index >= 15 is 0 Å². The maximum absolute atomic E-state index is 8.06. The lowest BCUT2D eigenvalue weighted by molar-refractivity contribution is 0.215. The van der Waals surface area contributed by atoms with Gasteiger partial charge in [0.05, 0.1) is 0 Å². The molecule has 0 aliphatic rings. The first kappa shape index (κ1) is 26.2. The number of nitrogens with two attached hydrogens (primary N) is 2. The number of rotatable bonds is 1. The third kappa shape index (κ3) is 18.3. The fourth-order valence-electron chi connectivity index (χ4n) is 1.46. The van der Waals surface area contributed by atoms with Crippen LogP contribution in [0.25, 0.3) is 11.1 Å². The van der Waals surface area contributed by atoms with Gasteiger partial charge in [-0.15, -0.1) is 0 Å². The number of aliphatic hydroxyl groups is 3. The van der Waals surface area contributed by atoms with E-state index in [9.17, 15) is 0 Å². The Bertz CT molecular complexity index is 548. The molecule has 0 spiro atoms. The van der Waals surface area contributed by atoms with Gasteiger partial charge in [0.15, 0.2) is 0 Å². The molecule has 2 aromatic rings. The first-order valence-corrected chi connectivity index (χ1v) is 8.71. The largest absolute Gasteiger partial charge is 0.399 e. The molecule has 0 amide bonds. The second-order valence-electron chi connectivity index (χ2n) is 6.49. The van der Waals surface area contributed by atoms with Gasteiger partial charge < -0.3 is 26.8 Å². The number of hydrogen-bond donors (Lipinski definition) is 5. The Balaban J connectivity index is 0. The van der Waals surface area contributed by atoms with Gasteiger partial charge in [0.1, 0.15) is 0 Å². The third-order valence-corrected chi connectivity index (χ3v) is 2.16. The van der Waals surface area contributed by atoms with Crippen molar-refractivity contribution < 1.29 is 15.3 Å². The van der Waals surface area contributed by atoms with Crippen LogP contribution < -0.4 is 11.5 Å². The number of nitrogen functional groups attached to an aromatic ring is 2. The molecule has 0 aliphatic heterocycles. The summed E-state index contributed by atoms with van der Waals surface area (Å²) in [6.45, 7) is 10.3. The lowest BCUT2D eigenvalue weighted by Gasteiger charge is -2.06. The van der Waals surface area contributed by atoms with Crippen LogP contribution in [0.5, 0.6) is 0 Å². The van der Waals surface area contributed by atoms with Crippen LogP contribution in [0.15, 0.2) is 48.5 Å². The van der Waals surface area contributed by atoms with E-state index in [1.54, 1.807) is 47.6 Å². The van der Waals surface area contributed by atoms with E-state index in [2.05, 4.69) is 0 Å². The topological polar surface area (TPSA) is 113 Å². The van der Waals surface area contributed by atoms with E-state index in [0.717, 1.165) is 16.8 Å². The highest BCUT2D eigenvalue weighted by Gasteiger charge is 2.01. The van der Waals surface area contributed by atoms with Gasteiger partial charge in [-0.2, -0.15) is 0 Å². The Kier molecular flexibility index (Phi) is 15.3. The summed E-state index contributed by atoms with van der Waals surface area (Å²) in [5.41, 5.74) is 15.1. The van der Waals surface area contributed by atoms with Crippen molar-refractivity contribution >= 4 is 11.4 Å². The van der Waals surface area contributed by atoms with Crippen molar-refractivity contribution in [1.82, 2.24) is 0 Å². The van der Waals surface area contributed by atoms with Gasteiger partial charge in [0, 0.05) is 35.3 Å². The van der Waals surface area contributed by atoms with Gasteiger partial charge in [0.2, 0.25) is 0 Å². The van der Waals surface area contributed by atoms with Crippen LogP contribution in [-0.4, -0.2) is 33.6 Å². The Morgan fingerprint density at radius 3 is 1.38 bits per heavy atom. The minimum absolute atomic E-state index is 0.167. The zero-order valence-electron chi connectivity index (χ0n) is 16.8. The number of hydrogen-bond acceptors (Lipinski definition) is 5. The van der Waals surface area contributed by atoms with Crippen molar-refractivity contribution in [3.8, 4) is 11.1 Å². The molecule has 5 heteroatoms. The maximum Gasteiger partial charge on any atom is 0.0483 e. The standard InChI is InChI=1S/C12H12N2.3C3H8O/c13-10-6-7-11(12(14)8-10)9-4-2-1-3-5-9;3*1-3(2)4/h1-8H,13-14H2;3*3-4H,1-2H3. The molecular formula is C21H36N2O3. The minimum Gasteiger partial charge on any atom is -0.399 e. The summed E-state index contributed by atoms with van der Waals surface area (Å²) in [7, 11) is 0. The molecule has 5 nitrogen and oxygen atoms in total. The fourth-order valence-corrected chi connectivity index (χ4v) is 1.46. The summed E-state index contributed by atoms with van der Waals surface area (Å²) in [6, 6.07) is 15.6. The SMILES string of the molecule is CC(C)O.CC(C)O.CC(C)O.Nc1ccc(-c2ccccc2)c(N)c1. The highest BCUT2D eigenvalue weighted by Crippen LogP contribution is 2.26. The van der Waals surface area contributed by atoms with E-state index in [4.69, 9.17) is 26.8 Å². The lowest BCUT2D eigenvalue weighted by atomic mass is 10.0. The third-order valence-electron chi connectivity index (χ3n) is 2.16. The molecule has 0 aliphatic carbocycles. The highest BCUT2D eigenvalue weighted by atomic mass is 16.3. The van der Waals surface area contributed by atoms with Crippen molar-refractivity contribution in [3.05, 3.63) is 48.5 Å². The molecule has 0 aromatic heterocycles. The summed E-state index contributed by atoms with van der Waals surface area (Å²) < 4.78 is 0. The lowest BCUT2D eigenvalue weighted by Crippen LogP contribution is -1.92. The average Bonchev–Trinajstić information content (AvgIpc) is 2.46. The quantitative estimate of drug-likeness (QED) is 0.495. The summed E-state index contributed by atoms with van der Waals surface area (Å²) in [5, 5.41) is 24.2.